The van der Waals surface area contributed by atoms with Crippen LogP contribution in [0.4, 0.5) is 5.69 Å². The normalized spacial score (nSPS) is 21.4. The lowest BCUT2D eigenvalue weighted by Gasteiger charge is -2.46. The second kappa shape index (κ2) is 9.45. The van der Waals surface area contributed by atoms with Crippen molar-refractivity contribution >= 4 is 29.1 Å². The summed E-state index contributed by atoms with van der Waals surface area (Å²) >= 11 is 6.13. The number of rotatable bonds is 6. The van der Waals surface area contributed by atoms with E-state index in [0.717, 1.165) is 24.9 Å². The molecule has 0 bridgehead atoms. The number of hydrogen-bond donors (Lipinski definition) is 1. The van der Waals surface area contributed by atoms with Gasteiger partial charge in [0.05, 0.1) is 0 Å². The van der Waals surface area contributed by atoms with Gasteiger partial charge in [-0.3, -0.25) is 9.59 Å². The molecule has 1 saturated carbocycles. The molecule has 4 nitrogen and oxygen atoms in total. The molecule has 0 heterocycles. The van der Waals surface area contributed by atoms with Crippen molar-refractivity contribution in [1.29, 1.82) is 0 Å². The fourth-order valence-electron chi connectivity index (χ4n) is 4.14. The molecule has 2 aromatic carbocycles. The highest BCUT2D eigenvalue weighted by Gasteiger charge is 2.47. The molecule has 1 aliphatic rings. The number of halogens is 1. The summed E-state index contributed by atoms with van der Waals surface area (Å²) in [6.07, 6.45) is 3.96. The predicted octanol–water partition coefficient (Wildman–Crippen LogP) is 5.78. The number of nitrogens with zero attached hydrogens (tertiary/aromatic N) is 1. The molecule has 0 saturated heterocycles. The van der Waals surface area contributed by atoms with Crippen LogP contribution in [-0.4, -0.2) is 28.8 Å². The van der Waals surface area contributed by atoms with Gasteiger partial charge in [-0.2, -0.15) is 0 Å². The fourth-order valence-corrected chi connectivity index (χ4v) is 4.33. The molecule has 29 heavy (non-hydrogen) atoms. The summed E-state index contributed by atoms with van der Waals surface area (Å²) < 4.78 is 0. The van der Waals surface area contributed by atoms with E-state index in [1.165, 1.54) is 0 Å². The van der Waals surface area contributed by atoms with Crippen molar-refractivity contribution in [3.05, 3.63) is 65.2 Å². The topological polar surface area (TPSA) is 49.4 Å². The first-order valence-corrected chi connectivity index (χ1v) is 10.8. The van der Waals surface area contributed by atoms with Gasteiger partial charge in [-0.05, 0) is 68.4 Å². The van der Waals surface area contributed by atoms with Gasteiger partial charge in [-0.15, -0.1) is 0 Å². The van der Waals surface area contributed by atoms with Gasteiger partial charge in [0.25, 0.3) is 5.91 Å². The van der Waals surface area contributed by atoms with Crippen molar-refractivity contribution in [2.24, 2.45) is 5.92 Å². The van der Waals surface area contributed by atoms with Gasteiger partial charge < -0.3 is 10.2 Å². The Morgan fingerprint density at radius 2 is 1.79 bits per heavy atom. The first kappa shape index (κ1) is 21.4. The molecule has 0 atom stereocenters. The Morgan fingerprint density at radius 1 is 1.10 bits per heavy atom. The van der Waals surface area contributed by atoms with Crippen molar-refractivity contribution < 1.29 is 9.59 Å². The summed E-state index contributed by atoms with van der Waals surface area (Å²) in [5.41, 5.74) is 0.427. The maximum Gasteiger partial charge on any atom is 0.254 e. The van der Waals surface area contributed by atoms with E-state index in [4.69, 9.17) is 11.6 Å². The van der Waals surface area contributed by atoms with Gasteiger partial charge in [0, 0.05) is 22.8 Å². The minimum absolute atomic E-state index is 0.0978. The summed E-state index contributed by atoms with van der Waals surface area (Å²) in [7, 11) is 0. The lowest BCUT2D eigenvalue weighted by Crippen LogP contribution is -2.60. The van der Waals surface area contributed by atoms with E-state index < -0.39 is 5.54 Å². The zero-order valence-electron chi connectivity index (χ0n) is 17.2. The quantitative estimate of drug-likeness (QED) is 0.653. The first-order chi connectivity index (χ1) is 14.0. The van der Waals surface area contributed by atoms with E-state index >= 15 is 0 Å². The van der Waals surface area contributed by atoms with Crippen molar-refractivity contribution in [2.45, 2.75) is 51.5 Å². The van der Waals surface area contributed by atoms with Crippen LogP contribution in [0.3, 0.4) is 0 Å². The molecule has 0 radical (unpaired) electrons. The molecule has 0 spiro atoms. The number of carbonyl (C=O) groups excluding carboxylic acids is 2. The fraction of sp³-hybridized carbons (Fsp3) is 0.417. The summed E-state index contributed by atoms with van der Waals surface area (Å²) in [5, 5.41) is 3.59. The number of carbonyl (C=O) groups is 2. The van der Waals surface area contributed by atoms with E-state index in [0.29, 0.717) is 35.9 Å². The smallest absolute Gasteiger partial charge is 0.254 e. The number of benzene rings is 2. The average Bonchev–Trinajstić information content (AvgIpc) is 2.73. The molecule has 2 aromatic rings. The van der Waals surface area contributed by atoms with Crippen molar-refractivity contribution in [3.8, 4) is 0 Å². The van der Waals surface area contributed by atoms with Crippen LogP contribution in [0, 0.1) is 5.92 Å². The van der Waals surface area contributed by atoms with Crippen LogP contribution >= 0.6 is 11.6 Å². The number of amides is 2. The first-order valence-electron chi connectivity index (χ1n) is 10.4. The van der Waals surface area contributed by atoms with Crippen LogP contribution in [0.5, 0.6) is 0 Å². The second-order valence-electron chi connectivity index (χ2n) is 8.00. The molecule has 3 rings (SSSR count). The average molecular weight is 413 g/mol. The third-order valence-electron chi connectivity index (χ3n) is 5.84. The maximum absolute atomic E-state index is 13.6. The van der Waals surface area contributed by atoms with Gasteiger partial charge in [0.15, 0.2) is 0 Å². The molecule has 154 valence electrons. The Hall–Kier alpha value is -2.33. The Balaban J connectivity index is 1.97. The number of nitrogens with one attached hydrogen (secondary N) is 1. The lowest BCUT2D eigenvalue weighted by atomic mass is 9.75. The van der Waals surface area contributed by atoms with E-state index in [1.807, 2.05) is 37.3 Å². The maximum atomic E-state index is 13.6. The lowest BCUT2D eigenvalue weighted by molar-refractivity contribution is -0.129. The Kier molecular flexibility index (Phi) is 6.96. The Bertz CT molecular complexity index is 845. The van der Waals surface area contributed by atoms with Crippen molar-refractivity contribution in [1.82, 2.24) is 4.90 Å². The molecule has 1 aliphatic carbocycles. The Morgan fingerprint density at radius 3 is 2.41 bits per heavy atom. The summed E-state index contributed by atoms with van der Waals surface area (Å²) in [4.78, 5) is 28.9. The molecule has 0 unspecified atom stereocenters. The molecule has 0 aromatic heterocycles. The standard InChI is InChI=1S/C24H29ClN2O2/c1-3-16-27(22(28)19-8-7-9-20(25)17-19)24(14-12-18(2)13-15-24)23(29)26-21-10-5-4-6-11-21/h4-11,17-18H,3,12-16H2,1-2H3,(H,26,29). The van der Waals surface area contributed by atoms with Crippen molar-refractivity contribution in [2.75, 3.05) is 11.9 Å². The van der Waals surface area contributed by atoms with Crippen LogP contribution in [0.25, 0.3) is 0 Å². The highest BCUT2D eigenvalue weighted by Crippen LogP contribution is 2.38. The molecule has 1 fully saturated rings. The van der Waals surface area contributed by atoms with Gasteiger partial charge in [0.2, 0.25) is 5.91 Å². The summed E-state index contributed by atoms with van der Waals surface area (Å²) in [6.45, 7) is 4.77. The molecule has 5 heteroatoms. The van der Waals surface area contributed by atoms with E-state index in [2.05, 4.69) is 12.2 Å². The SMILES string of the molecule is CCCN(C(=O)c1cccc(Cl)c1)C1(C(=O)Nc2ccccc2)CCC(C)CC1. The highest BCUT2D eigenvalue weighted by molar-refractivity contribution is 6.31. The molecule has 0 aliphatic heterocycles. The minimum Gasteiger partial charge on any atom is -0.324 e. The van der Waals surface area contributed by atoms with Crippen LogP contribution in [0.15, 0.2) is 54.6 Å². The number of hydrogen-bond acceptors (Lipinski definition) is 2. The minimum atomic E-state index is -0.849. The van der Waals surface area contributed by atoms with E-state index in [9.17, 15) is 9.59 Å². The van der Waals surface area contributed by atoms with Gasteiger partial charge in [0.1, 0.15) is 5.54 Å². The number of para-hydroxylation sites is 1. The number of anilines is 1. The summed E-state index contributed by atoms with van der Waals surface area (Å²) in [5.74, 6) is 0.323. The highest BCUT2D eigenvalue weighted by atomic mass is 35.5. The second-order valence-corrected chi connectivity index (χ2v) is 8.44. The van der Waals surface area contributed by atoms with Gasteiger partial charge >= 0.3 is 0 Å². The van der Waals surface area contributed by atoms with Crippen LogP contribution in [-0.2, 0) is 4.79 Å². The molecular weight excluding hydrogens is 384 g/mol. The predicted molar refractivity (Wildman–Crippen MR) is 118 cm³/mol. The van der Waals surface area contributed by atoms with Crippen LogP contribution < -0.4 is 5.32 Å². The van der Waals surface area contributed by atoms with Crippen molar-refractivity contribution in [3.63, 3.8) is 0 Å². The van der Waals surface area contributed by atoms with Gasteiger partial charge in [-0.25, -0.2) is 0 Å². The molecule has 2 amide bonds. The van der Waals surface area contributed by atoms with E-state index in [-0.39, 0.29) is 11.8 Å². The summed E-state index contributed by atoms with van der Waals surface area (Å²) in [6, 6.07) is 16.4. The largest absolute Gasteiger partial charge is 0.324 e. The van der Waals surface area contributed by atoms with E-state index in [1.54, 1.807) is 29.2 Å². The Labute approximate surface area is 178 Å². The zero-order valence-corrected chi connectivity index (χ0v) is 17.9. The zero-order chi connectivity index (χ0) is 20.9. The monoisotopic (exact) mass is 412 g/mol. The van der Waals surface area contributed by atoms with Gasteiger partial charge in [-0.1, -0.05) is 49.7 Å². The molecular formula is C24H29ClN2O2. The van der Waals surface area contributed by atoms with Crippen LogP contribution in [0.1, 0.15) is 56.3 Å². The third-order valence-corrected chi connectivity index (χ3v) is 6.07. The van der Waals surface area contributed by atoms with Crippen LogP contribution in [0.2, 0.25) is 5.02 Å². The third kappa shape index (κ3) is 4.81. The molecule has 1 N–H and O–H groups in total.